The fraction of sp³-hybridized carbons (Fsp3) is 0.615. The molecular formula is C13H17ClN4O4. The van der Waals surface area contributed by atoms with Gasteiger partial charge in [-0.1, -0.05) is 11.6 Å². The Balaban J connectivity index is 1.71. The predicted octanol–water partition coefficient (Wildman–Crippen LogP) is 1.12. The molecule has 1 aromatic heterocycles. The van der Waals surface area contributed by atoms with Gasteiger partial charge < -0.3 is 14.7 Å². The summed E-state index contributed by atoms with van der Waals surface area (Å²) in [7, 11) is 0. The average molecular weight is 329 g/mol. The summed E-state index contributed by atoms with van der Waals surface area (Å²) in [6, 6.07) is -0.390. The van der Waals surface area contributed by atoms with Crippen molar-refractivity contribution in [3.63, 3.8) is 0 Å². The van der Waals surface area contributed by atoms with Gasteiger partial charge in [0.2, 0.25) is 0 Å². The van der Waals surface area contributed by atoms with Crippen LogP contribution >= 0.6 is 11.6 Å². The lowest BCUT2D eigenvalue weighted by Gasteiger charge is -2.21. The average Bonchev–Trinajstić information content (AvgIpc) is 3.11. The summed E-state index contributed by atoms with van der Waals surface area (Å²) >= 11 is 6.02. The van der Waals surface area contributed by atoms with E-state index in [0.29, 0.717) is 24.7 Å². The molecule has 0 radical (unpaired) electrons. The third-order valence-electron chi connectivity index (χ3n) is 4.35. The number of aliphatic carboxylic acids is 1. The third kappa shape index (κ3) is 2.32. The number of nitrogens with one attached hydrogen (secondary N) is 1. The number of hydrogen-bond acceptors (Lipinski definition) is 4. The van der Waals surface area contributed by atoms with Gasteiger partial charge >= 0.3 is 12.0 Å². The molecule has 8 nitrogen and oxygen atoms in total. The Bertz CT molecular complexity index is 619. The summed E-state index contributed by atoms with van der Waals surface area (Å²) in [5, 5.41) is 16.6. The van der Waals surface area contributed by atoms with Crippen LogP contribution in [0.15, 0.2) is 6.20 Å². The number of carboxylic acids is 1. The molecule has 2 fully saturated rings. The Hall–Kier alpha value is -1.80. The van der Waals surface area contributed by atoms with E-state index < -0.39 is 17.4 Å². The lowest BCUT2D eigenvalue weighted by molar-refractivity contribution is -0.149. The SMILES string of the molecule is CCn1cc(Cl)c(NC(=O)N2C[C@@H]3COC[C@]3(C(=O)O)C2)n1. The molecule has 0 bridgehead atoms. The predicted molar refractivity (Wildman–Crippen MR) is 77.9 cm³/mol. The molecule has 0 unspecified atom stereocenters. The van der Waals surface area contributed by atoms with Crippen molar-refractivity contribution in [2.45, 2.75) is 13.5 Å². The maximum absolute atomic E-state index is 12.3. The van der Waals surface area contributed by atoms with Gasteiger partial charge in [0, 0.05) is 31.7 Å². The minimum atomic E-state index is -0.996. The Morgan fingerprint density at radius 1 is 1.64 bits per heavy atom. The number of likely N-dealkylation sites (tertiary alicyclic amines) is 1. The molecule has 3 heterocycles. The zero-order chi connectivity index (χ0) is 15.9. The van der Waals surface area contributed by atoms with Crippen molar-refractivity contribution in [3.05, 3.63) is 11.2 Å². The van der Waals surface area contributed by atoms with Gasteiger partial charge in [-0.15, -0.1) is 0 Å². The second-order valence-corrected chi connectivity index (χ2v) is 6.07. The number of rotatable bonds is 3. The number of amides is 2. The van der Waals surface area contributed by atoms with Gasteiger partial charge in [-0.25, -0.2) is 4.79 Å². The monoisotopic (exact) mass is 328 g/mol. The van der Waals surface area contributed by atoms with Gasteiger partial charge in [-0.2, -0.15) is 5.10 Å². The van der Waals surface area contributed by atoms with Gasteiger partial charge in [0.05, 0.1) is 13.2 Å². The molecule has 3 rings (SSSR count). The first-order chi connectivity index (χ1) is 10.5. The van der Waals surface area contributed by atoms with Gasteiger partial charge in [0.15, 0.2) is 5.82 Å². The molecule has 2 aliphatic heterocycles. The van der Waals surface area contributed by atoms with Crippen molar-refractivity contribution in [2.75, 3.05) is 31.6 Å². The highest BCUT2D eigenvalue weighted by Gasteiger charge is 2.57. The van der Waals surface area contributed by atoms with Crippen molar-refractivity contribution in [3.8, 4) is 0 Å². The van der Waals surface area contributed by atoms with E-state index in [-0.39, 0.29) is 24.9 Å². The molecule has 2 aliphatic rings. The summed E-state index contributed by atoms with van der Waals surface area (Å²) < 4.78 is 6.90. The summed E-state index contributed by atoms with van der Waals surface area (Å²) in [4.78, 5) is 25.4. The van der Waals surface area contributed by atoms with Crippen LogP contribution in [-0.2, 0) is 16.1 Å². The standard InChI is InChI=1S/C13H17ClN4O4/c1-2-18-4-9(14)10(16-18)15-12(21)17-3-8-5-22-7-13(8,6-17)11(19)20/h4,8H,2-3,5-7H2,1H3,(H,19,20)(H,15,16,21)/t8-,13-/m1/s1. The lowest BCUT2D eigenvalue weighted by Crippen LogP contribution is -2.41. The Kier molecular flexibility index (Phi) is 3.73. The Morgan fingerprint density at radius 3 is 3.00 bits per heavy atom. The van der Waals surface area contributed by atoms with Crippen LogP contribution in [0.4, 0.5) is 10.6 Å². The minimum absolute atomic E-state index is 0.130. The van der Waals surface area contributed by atoms with Crippen LogP contribution in [0.3, 0.4) is 0 Å². The van der Waals surface area contributed by atoms with E-state index in [9.17, 15) is 14.7 Å². The van der Waals surface area contributed by atoms with Crippen molar-refractivity contribution in [2.24, 2.45) is 11.3 Å². The van der Waals surface area contributed by atoms with Gasteiger partial charge in [0.1, 0.15) is 10.4 Å². The van der Waals surface area contributed by atoms with E-state index >= 15 is 0 Å². The van der Waals surface area contributed by atoms with Gasteiger partial charge in [-0.05, 0) is 6.92 Å². The summed E-state index contributed by atoms with van der Waals surface area (Å²) in [5.74, 6) is -0.816. The molecule has 0 saturated carbocycles. The minimum Gasteiger partial charge on any atom is -0.481 e. The first-order valence-corrected chi connectivity index (χ1v) is 7.44. The van der Waals surface area contributed by atoms with Crippen LogP contribution < -0.4 is 5.32 Å². The number of fused-ring (bicyclic) bond motifs is 1. The highest BCUT2D eigenvalue weighted by Crippen LogP contribution is 2.41. The number of anilines is 1. The van der Waals surface area contributed by atoms with Crippen molar-refractivity contribution in [1.29, 1.82) is 0 Å². The normalized spacial score (nSPS) is 27.0. The van der Waals surface area contributed by atoms with E-state index in [1.165, 1.54) is 4.90 Å². The molecule has 1 aromatic rings. The summed E-state index contributed by atoms with van der Waals surface area (Å²) in [5.41, 5.74) is -0.996. The van der Waals surface area contributed by atoms with Crippen molar-refractivity contribution >= 4 is 29.4 Å². The largest absolute Gasteiger partial charge is 0.481 e. The fourth-order valence-electron chi connectivity index (χ4n) is 3.02. The van der Waals surface area contributed by atoms with Crippen LogP contribution in [-0.4, -0.2) is 58.1 Å². The topological polar surface area (TPSA) is 96.7 Å². The smallest absolute Gasteiger partial charge is 0.323 e. The fourth-order valence-corrected chi connectivity index (χ4v) is 3.21. The molecule has 0 aromatic carbocycles. The zero-order valence-corrected chi connectivity index (χ0v) is 12.8. The second-order valence-electron chi connectivity index (χ2n) is 5.67. The number of carbonyl (C=O) groups is 2. The first kappa shape index (κ1) is 15.1. The molecule has 2 amide bonds. The number of urea groups is 1. The highest BCUT2D eigenvalue weighted by molar-refractivity contribution is 6.33. The number of carboxylic acid groups (broad SMARTS) is 1. The molecule has 0 aliphatic carbocycles. The number of halogens is 1. The van der Waals surface area contributed by atoms with Crippen LogP contribution in [0.1, 0.15) is 6.92 Å². The maximum Gasteiger partial charge on any atom is 0.323 e. The molecule has 9 heteroatoms. The van der Waals surface area contributed by atoms with Crippen molar-refractivity contribution in [1.82, 2.24) is 14.7 Å². The van der Waals surface area contributed by atoms with E-state index in [2.05, 4.69) is 10.4 Å². The lowest BCUT2D eigenvalue weighted by atomic mass is 9.81. The molecule has 0 spiro atoms. The Morgan fingerprint density at radius 2 is 2.41 bits per heavy atom. The van der Waals surface area contributed by atoms with Crippen LogP contribution in [0, 0.1) is 11.3 Å². The second kappa shape index (κ2) is 5.44. The van der Waals surface area contributed by atoms with Gasteiger partial charge in [-0.3, -0.25) is 14.8 Å². The van der Waals surface area contributed by atoms with Gasteiger partial charge in [0.25, 0.3) is 0 Å². The van der Waals surface area contributed by atoms with Crippen molar-refractivity contribution < 1.29 is 19.4 Å². The van der Waals surface area contributed by atoms with E-state index in [4.69, 9.17) is 16.3 Å². The Labute approximate surface area is 132 Å². The molecule has 22 heavy (non-hydrogen) atoms. The third-order valence-corrected chi connectivity index (χ3v) is 4.63. The van der Waals surface area contributed by atoms with E-state index in [1.54, 1.807) is 10.9 Å². The number of nitrogens with zero attached hydrogens (tertiary/aromatic N) is 3. The summed E-state index contributed by atoms with van der Waals surface area (Å²) in [6.07, 6.45) is 1.63. The maximum atomic E-state index is 12.3. The molecule has 2 atom stereocenters. The van der Waals surface area contributed by atoms with E-state index in [0.717, 1.165) is 0 Å². The number of aryl methyl sites for hydroxylation is 1. The zero-order valence-electron chi connectivity index (χ0n) is 12.1. The van der Waals surface area contributed by atoms with Crippen LogP contribution in [0.2, 0.25) is 5.02 Å². The summed E-state index contributed by atoms with van der Waals surface area (Å²) in [6.45, 7) is 3.53. The van der Waals surface area contributed by atoms with Crippen LogP contribution in [0.25, 0.3) is 0 Å². The quantitative estimate of drug-likeness (QED) is 0.866. The molecule has 120 valence electrons. The van der Waals surface area contributed by atoms with Crippen LogP contribution in [0.5, 0.6) is 0 Å². The molecular weight excluding hydrogens is 312 g/mol. The molecule has 2 N–H and O–H groups in total. The number of carbonyl (C=O) groups excluding carboxylic acids is 1. The van der Waals surface area contributed by atoms with E-state index in [1.807, 2.05) is 6.92 Å². The highest BCUT2D eigenvalue weighted by atomic mass is 35.5. The number of aromatic nitrogens is 2. The first-order valence-electron chi connectivity index (χ1n) is 7.06. The number of ether oxygens (including phenoxy) is 1. The number of hydrogen-bond donors (Lipinski definition) is 2. The molecule has 2 saturated heterocycles.